The molecule has 1 amide bonds. The van der Waals surface area contributed by atoms with E-state index in [0.717, 1.165) is 5.69 Å². The molecule has 0 aliphatic rings. The van der Waals surface area contributed by atoms with E-state index in [-0.39, 0.29) is 5.88 Å². The van der Waals surface area contributed by atoms with Crippen LogP contribution in [0.15, 0.2) is 12.4 Å². The minimum absolute atomic E-state index is 0.229. The van der Waals surface area contributed by atoms with Gasteiger partial charge in [0.1, 0.15) is 6.33 Å². The van der Waals surface area contributed by atoms with Crippen LogP contribution in [0.3, 0.4) is 0 Å². The second-order valence-electron chi connectivity index (χ2n) is 2.60. The first-order valence-electron chi connectivity index (χ1n) is 4.17. The van der Waals surface area contributed by atoms with Crippen molar-refractivity contribution >= 4 is 6.09 Å². The van der Waals surface area contributed by atoms with Gasteiger partial charge >= 0.3 is 6.09 Å². The van der Waals surface area contributed by atoms with E-state index in [4.69, 9.17) is 10.5 Å². The molecule has 0 unspecified atom stereocenters. The van der Waals surface area contributed by atoms with Crippen molar-refractivity contribution in [2.45, 2.75) is 6.92 Å². The van der Waals surface area contributed by atoms with Gasteiger partial charge in [-0.3, -0.25) is 0 Å². The Balaban J connectivity index is 2.47. The zero-order valence-electron chi connectivity index (χ0n) is 7.86. The lowest BCUT2D eigenvalue weighted by Crippen LogP contribution is -2.31. The molecule has 14 heavy (non-hydrogen) atoms. The second kappa shape index (κ2) is 5.13. The van der Waals surface area contributed by atoms with Crippen LogP contribution in [0.5, 0.6) is 5.88 Å². The summed E-state index contributed by atoms with van der Waals surface area (Å²) in [6.45, 7) is 2.53. The van der Waals surface area contributed by atoms with E-state index < -0.39 is 6.09 Å². The number of carbonyl (C=O) groups excluding carboxylic acids is 1. The van der Waals surface area contributed by atoms with Crippen LogP contribution in [0.4, 0.5) is 4.79 Å². The number of rotatable bonds is 3. The Morgan fingerprint density at radius 2 is 2.43 bits per heavy atom. The summed E-state index contributed by atoms with van der Waals surface area (Å²) >= 11 is 0. The van der Waals surface area contributed by atoms with E-state index in [1.165, 1.54) is 6.33 Å². The molecule has 0 radical (unpaired) electrons. The fraction of sp³-hybridized carbons (Fsp3) is 0.375. The van der Waals surface area contributed by atoms with Gasteiger partial charge in [0, 0.05) is 24.8 Å². The van der Waals surface area contributed by atoms with Crippen LogP contribution < -0.4 is 15.8 Å². The van der Waals surface area contributed by atoms with E-state index >= 15 is 0 Å². The summed E-state index contributed by atoms with van der Waals surface area (Å²) in [5, 5.41) is 2.45. The topological polar surface area (TPSA) is 90.1 Å². The number of hydrogen-bond acceptors (Lipinski definition) is 5. The summed E-state index contributed by atoms with van der Waals surface area (Å²) in [6, 6.07) is 1.57. The highest BCUT2D eigenvalue weighted by molar-refractivity contribution is 5.69. The first kappa shape index (κ1) is 10.4. The van der Waals surface area contributed by atoms with Crippen molar-refractivity contribution < 1.29 is 9.53 Å². The number of aryl methyl sites for hydroxylation is 1. The van der Waals surface area contributed by atoms with Crippen LogP contribution in [0, 0.1) is 6.92 Å². The van der Waals surface area contributed by atoms with Crippen molar-refractivity contribution in [2.24, 2.45) is 5.73 Å². The average Bonchev–Trinajstić information content (AvgIpc) is 2.15. The van der Waals surface area contributed by atoms with Gasteiger partial charge in [-0.25, -0.2) is 14.8 Å². The summed E-state index contributed by atoms with van der Waals surface area (Å²) in [5.74, 6) is 0.229. The number of carbonyl (C=O) groups is 1. The minimum Gasteiger partial charge on any atom is -0.391 e. The Kier molecular flexibility index (Phi) is 3.81. The van der Waals surface area contributed by atoms with Crippen LogP contribution in [0.2, 0.25) is 0 Å². The summed E-state index contributed by atoms with van der Waals surface area (Å²) in [7, 11) is 0. The van der Waals surface area contributed by atoms with Crippen LogP contribution in [0.1, 0.15) is 5.69 Å². The fourth-order valence-electron chi connectivity index (χ4n) is 0.791. The van der Waals surface area contributed by atoms with Crippen LogP contribution in [-0.2, 0) is 0 Å². The second-order valence-corrected chi connectivity index (χ2v) is 2.60. The molecule has 6 heteroatoms. The van der Waals surface area contributed by atoms with Crippen molar-refractivity contribution in [1.29, 1.82) is 0 Å². The standard InChI is InChI=1S/C8H12N4O2/c1-6-4-7(12-5-11-6)14-8(13)10-3-2-9/h4-5H,2-3,9H2,1H3,(H,10,13). The molecule has 6 nitrogen and oxygen atoms in total. The summed E-state index contributed by atoms with van der Waals surface area (Å²) < 4.78 is 4.84. The van der Waals surface area contributed by atoms with Gasteiger partial charge in [-0.2, -0.15) is 0 Å². The number of hydrogen-bond donors (Lipinski definition) is 2. The van der Waals surface area contributed by atoms with Crippen LogP contribution >= 0.6 is 0 Å². The van der Waals surface area contributed by atoms with Gasteiger partial charge < -0.3 is 15.8 Å². The van der Waals surface area contributed by atoms with Gasteiger partial charge in [-0.05, 0) is 6.92 Å². The van der Waals surface area contributed by atoms with Crippen molar-refractivity contribution in [3.63, 3.8) is 0 Å². The Morgan fingerprint density at radius 3 is 3.07 bits per heavy atom. The van der Waals surface area contributed by atoms with E-state index in [1.807, 2.05) is 0 Å². The van der Waals surface area contributed by atoms with E-state index in [9.17, 15) is 4.79 Å². The maximum atomic E-state index is 11.0. The molecule has 0 spiro atoms. The van der Waals surface area contributed by atoms with Crippen molar-refractivity contribution in [3.05, 3.63) is 18.1 Å². The minimum atomic E-state index is -0.562. The summed E-state index contributed by atoms with van der Waals surface area (Å²) in [5.41, 5.74) is 5.94. The van der Waals surface area contributed by atoms with Crippen molar-refractivity contribution in [1.82, 2.24) is 15.3 Å². The predicted molar refractivity (Wildman–Crippen MR) is 49.9 cm³/mol. The third-order valence-corrected chi connectivity index (χ3v) is 1.39. The zero-order valence-corrected chi connectivity index (χ0v) is 7.86. The molecular weight excluding hydrogens is 184 g/mol. The van der Waals surface area contributed by atoms with Crippen molar-refractivity contribution in [2.75, 3.05) is 13.1 Å². The number of amides is 1. The van der Waals surface area contributed by atoms with Gasteiger partial charge in [0.2, 0.25) is 5.88 Å². The molecule has 1 rings (SSSR count). The van der Waals surface area contributed by atoms with Gasteiger partial charge in [0.15, 0.2) is 0 Å². The van der Waals surface area contributed by atoms with Crippen LogP contribution in [0.25, 0.3) is 0 Å². The lowest BCUT2D eigenvalue weighted by Gasteiger charge is -2.04. The first-order valence-corrected chi connectivity index (χ1v) is 4.17. The first-order chi connectivity index (χ1) is 6.72. The van der Waals surface area contributed by atoms with Gasteiger partial charge in [-0.1, -0.05) is 0 Å². The lowest BCUT2D eigenvalue weighted by molar-refractivity contribution is 0.199. The molecule has 0 fully saturated rings. The molecule has 76 valence electrons. The average molecular weight is 196 g/mol. The Bertz CT molecular complexity index is 316. The third-order valence-electron chi connectivity index (χ3n) is 1.39. The molecule has 1 aromatic heterocycles. The highest BCUT2D eigenvalue weighted by Crippen LogP contribution is 2.05. The van der Waals surface area contributed by atoms with E-state index in [1.54, 1.807) is 13.0 Å². The number of nitrogens with zero attached hydrogens (tertiary/aromatic N) is 2. The maximum Gasteiger partial charge on any atom is 0.413 e. The molecule has 0 aromatic carbocycles. The fourth-order valence-corrected chi connectivity index (χ4v) is 0.791. The van der Waals surface area contributed by atoms with Gasteiger partial charge in [0.25, 0.3) is 0 Å². The SMILES string of the molecule is Cc1cc(OC(=O)NCCN)ncn1. The van der Waals surface area contributed by atoms with Crippen molar-refractivity contribution in [3.8, 4) is 5.88 Å². The number of aromatic nitrogens is 2. The zero-order chi connectivity index (χ0) is 10.4. The molecule has 1 aromatic rings. The molecule has 0 aliphatic carbocycles. The highest BCUT2D eigenvalue weighted by Gasteiger charge is 2.03. The summed E-state index contributed by atoms with van der Waals surface area (Å²) in [4.78, 5) is 18.7. The normalized spacial score (nSPS) is 9.57. The van der Waals surface area contributed by atoms with Gasteiger partial charge in [-0.15, -0.1) is 0 Å². The molecule has 0 bridgehead atoms. The molecule has 0 atom stereocenters. The molecule has 0 saturated heterocycles. The predicted octanol–water partition coefficient (Wildman–Crippen LogP) is -0.168. The lowest BCUT2D eigenvalue weighted by atomic mass is 10.4. The molecular formula is C8H12N4O2. The number of nitrogens with two attached hydrogens (primary N) is 1. The summed E-state index contributed by atoms with van der Waals surface area (Å²) in [6.07, 6.45) is 0.773. The van der Waals surface area contributed by atoms with E-state index in [2.05, 4.69) is 15.3 Å². The van der Waals surface area contributed by atoms with Gasteiger partial charge in [0.05, 0.1) is 0 Å². The Hall–Kier alpha value is -1.69. The number of ether oxygens (including phenoxy) is 1. The highest BCUT2D eigenvalue weighted by atomic mass is 16.6. The quantitative estimate of drug-likeness (QED) is 0.700. The smallest absolute Gasteiger partial charge is 0.391 e. The largest absolute Gasteiger partial charge is 0.413 e. The molecule has 0 aliphatic heterocycles. The Labute approximate surface area is 81.5 Å². The maximum absolute atomic E-state index is 11.0. The number of nitrogens with one attached hydrogen (secondary N) is 1. The van der Waals surface area contributed by atoms with E-state index in [0.29, 0.717) is 13.1 Å². The Morgan fingerprint density at radius 1 is 1.64 bits per heavy atom. The molecule has 0 saturated carbocycles. The molecule has 3 N–H and O–H groups in total. The monoisotopic (exact) mass is 196 g/mol. The van der Waals surface area contributed by atoms with Crippen LogP contribution in [-0.4, -0.2) is 29.2 Å². The molecule has 1 heterocycles. The third kappa shape index (κ3) is 3.36.